The van der Waals surface area contributed by atoms with E-state index >= 15 is 0 Å². The van der Waals surface area contributed by atoms with Crippen LogP contribution in [0.3, 0.4) is 0 Å². The highest BCUT2D eigenvalue weighted by atomic mass is 35.5. The van der Waals surface area contributed by atoms with E-state index in [4.69, 9.17) is 16.3 Å². The fraction of sp³-hybridized carbons (Fsp3) is 0.333. The molecule has 0 N–H and O–H groups in total. The van der Waals surface area contributed by atoms with E-state index in [9.17, 15) is 8.42 Å². The molecule has 0 aliphatic heterocycles. The van der Waals surface area contributed by atoms with Gasteiger partial charge >= 0.3 is 0 Å². The zero-order chi connectivity index (χ0) is 17.7. The second-order valence-electron chi connectivity index (χ2n) is 5.73. The first-order chi connectivity index (χ1) is 11.3. The van der Waals surface area contributed by atoms with Crippen LogP contribution in [0.4, 0.5) is 0 Å². The van der Waals surface area contributed by atoms with Gasteiger partial charge in [0.2, 0.25) is 10.0 Å². The van der Waals surface area contributed by atoms with Crippen LogP contribution < -0.4 is 4.74 Å². The Morgan fingerprint density at radius 2 is 1.71 bits per heavy atom. The van der Waals surface area contributed by atoms with Crippen LogP contribution in [0.25, 0.3) is 0 Å². The highest BCUT2D eigenvalue weighted by Gasteiger charge is 2.20. The number of hydrogen-bond donors (Lipinski definition) is 0. The van der Waals surface area contributed by atoms with Gasteiger partial charge < -0.3 is 4.74 Å². The van der Waals surface area contributed by atoms with E-state index in [-0.39, 0.29) is 4.90 Å². The lowest BCUT2D eigenvalue weighted by Gasteiger charge is -2.17. The molecular weight excluding hydrogens is 346 g/mol. The number of sulfonamides is 1. The molecule has 24 heavy (non-hydrogen) atoms. The molecule has 0 saturated heterocycles. The molecule has 2 aromatic carbocycles. The van der Waals surface area contributed by atoms with Gasteiger partial charge in [-0.15, -0.1) is 0 Å². The Hall–Kier alpha value is -1.56. The molecule has 0 saturated carbocycles. The maximum atomic E-state index is 12.4. The summed E-state index contributed by atoms with van der Waals surface area (Å²) >= 11 is 5.80. The van der Waals surface area contributed by atoms with Crippen molar-refractivity contribution in [1.82, 2.24) is 4.31 Å². The van der Waals surface area contributed by atoms with Crippen LogP contribution >= 0.6 is 11.6 Å². The Balaban J connectivity index is 1.87. The zero-order valence-corrected chi connectivity index (χ0v) is 15.7. The van der Waals surface area contributed by atoms with E-state index in [1.807, 2.05) is 25.1 Å². The van der Waals surface area contributed by atoms with Crippen molar-refractivity contribution in [2.45, 2.75) is 25.2 Å². The largest absolute Gasteiger partial charge is 0.494 e. The fourth-order valence-corrected chi connectivity index (χ4v) is 3.52. The van der Waals surface area contributed by atoms with Crippen molar-refractivity contribution in [3.63, 3.8) is 0 Å². The SMILES string of the molecule is Cc1ccc(OCCCN(C)S(=O)(=O)c2ccc(Cl)cc2)cc1C. The maximum absolute atomic E-state index is 12.4. The third-order valence-corrected chi connectivity index (χ3v) is 6.01. The van der Waals surface area contributed by atoms with E-state index in [0.717, 1.165) is 5.75 Å². The minimum Gasteiger partial charge on any atom is -0.494 e. The normalized spacial score (nSPS) is 11.7. The maximum Gasteiger partial charge on any atom is 0.242 e. The summed E-state index contributed by atoms with van der Waals surface area (Å²) in [5.41, 5.74) is 2.39. The van der Waals surface area contributed by atoms with Crippen LogP contribution in [0.5, 0.6) is 5.75 Å². The summed E-state index contributed by atoms with van der Waals surface area (Å²) in [5.74, 6) is 0.807. The Morgan fingerprint density at radius 1 is 1.04 bits per heavy atom. The van der Waals surface area contributed by atoms with E-state index in [0.29, 0.717) is 24.6 Å². The summed E-state index contributed by atoms with van der Waals surface area (Å²) in [6.07, 6.45) is 0.607. The Morgan fingerprint density at radius 3 is 2.33 bits per heavy atom. The third-order valence-electron chi connectivity index (χ3n) is 3.89. The van der Waals surface area contributed by atoms with Crippen molar-refractivity contribution in [3.8, 4) is 5.75 Å². The molecule has 130 valence electrons. The summed E-state index contributed by atoms with van der Waals surface area (Å²) in [7, 11) is -1.92. The number of nitrogens with zero attached hydrogens (tertiary/aromatic N) is 1. The predicted molar refractivity (Wildman–Crippen MR) is 97.3 cm³/mol. The number of aryl methyl sites for hydroxylation is 2. The molecule has 0 fully saturated rings. The summed E-state index contributed by atoms with van der Waals surface area (Å²) in [5, 5.41) is 0.512. The summed E-state index contributed by atoms with van der Waals surface area (Å²) in [6, 6.07) is 12.1. The van der Waals surface area contributed by atoms with Gasteiger partial charge in [0.15, 0.2) is 0 Å². The quantitative estimate of drug-likeness (QED) is 0.693. The molecule has 2 rings (SSSR count). The average molecular weight is 368 g/mol. The van der Waals surface area contributed by atoms with E-state index in [1.54, 1.807) is 19.2 Å². The highest BCUT2D eigenvalue weighted by Crippen LogP contribution is 2.18. The molecule has 0 aromatic heterocycles. The second-order valence-corrected chi connectivity index (χ2v) is 8.21. The van der Waals surface area contributed by atoms with Crippen molar-refractivity contribution >= 4 is 21.6 Å². The van der Waals surface area contributed by atoms with E-state index < -0.39 is 10.0 Å². The molecule has 0 heterocycles. The number of ether oxygens (including phenoxy) is 1. The monoisotopic (exact) mass is 367 g/mol. The predicted octanol–water partition coefficient (Wildman–Crippen LogP) is 4.05. The topological polar surface area (TPSA) is 46.6 Å². The van der Waals surface area contributed by atoms with Gasteiger partial charge in [-0.25, -0.2) is 12.7 Å². The molecule has 0 spiro atoms. The lowest BCUT2D eigenvalue weighted by atomic mass is 10.1. The fourth-order valence-electron chi connectivity index (χ4n) is 2.19. The molecule has 4 nitrogen and oxygen atoms in total. The minimum atomic E-state index is -3.49. The molecule has 0 bridgehead atoms. The second kappa shape index (κ2) is 8.01. The molecule has 0 aliphatic rings. The van der Waals surface area contributed by atoms with Crippen LogP contribution in [-0.4, -0.2) is 32.9 Å². The molecule has 0 radical (unpaired) electrons. The summed E-state index contributed by atoms with van der Waals surface area (Å²) in [6.45, 7) is 4.93. The Kier molecular flexibility index (Phi) is 6.27. The first-order valence-electron chi connectivity index (χ1n) is 7.72. The van der Waals surface area contributed by atoms with E-state index in [2.05, 4.69) is 6.92 Å². The zero-order valence-electron chi connectivity index (χ0n) is 14.1. The third kappa shape index (κ3) is 4.72. The van der Waals surface area contributed by atoms with Gasteiger partial charge in [-0.05, 0) is 67.8 Å². The average Bonchev–Trinajstić information content (AvgIpc) is 2.55. The molecule has 6 heteroatoms. The smallest absolute Gasteiger partial charge is 0.242 e. The molecule has 0 unspecified atom stereocenters. The van der Waals surface area contributed by atoms with Gasteiger partial charge in [-0.3, -0.25) is 0 Å². The Labute approximate surface area is 149 Å². The summed E-state index contributed by atoms with van der Waals surface area (Å²) in [4.78, 5) is 0.240. The van der Waals surface area contributed by atoms with Gasteiger partial charge in [0, 0.05) is 18.6 Å². The lowest BCUT2D eigenvalue weighted by molar-refractivity contribution is 0.296. The number of benzene rings is 2. The van der Waals surface area contributed by atoms with Crippen LogP contribution in [0.15, 0.2) is 47.4 Å². The van der Waals surface area contributed by atoms with Crippen molar-refractivity contribution in [1.29, 1.82) is 0 Å². The number of rotatable bonds is 7. The van der Waals surface area contributed by atoms with Gasteiger partial charge in [0.1, 0.15) is 5.75 Å². The molecule has 0 amide bonds. The summed E-state index contributed by atoms with van der Waals surface area (Å²) < 4.78 is 31.9. The van der Waals surface area contributed by atoms with Gasteiger partial charge in [-0.2, -0.15) is 0 Å². The van der Waals surface area contributed by atoms with Crippen molar-refractivity contribution in [2.24, 2.45) is 0 Å². The highest BCUT2D eigenvalue weighted by molar-refractivity contribution is 7.89. The molecule has 0 aliphatic carbocycles. The minimum absolute atomic E-state index is 0.240. The van der Waals surface area contributed by atoms with Crippen LogP contribution in [0, 0.1) is 13.8 Å². The van der Waals surface area contributed by atoms with Crippen LogP contribution in [0.1, 0.15) is 17.5 Å². The van der Waals surface area contributed by atoms with Crippen molar-refractivity contribution < 1.29 is 13.2 Å². The molecule has 0 atom stereocenters. The number of hydrogen-bond acceptors (Lipinski definition) is 3. The van der Waals surface area contributed by atoms with Crippen molar-refractivity contribution in [2.75, 3.05) is 20.2 Å². The number of halogens is 1. The molecule has 2 aromatic rings. The van der Waals surface area contributed by atoms with Crippen molar-refractivity contribution in [3.05, 3.63) is 58.6 Å². The Bertz CT molecular complexity index is 788. The van der Waals surface area contributed by atoms with Gasteiger partial charge in [0.25, 0.3) is 0 Å². The first-order valence-corrected chi connectivity index (χ1v) is 9.54. The van der Waals surface area contributed by atoms with Crippen LogP contribution in [0.2, 0.25) is 5.02 Å². The van der Waals surface area contributed by atoms with Crippen LogP contribution in [-0.2, 0) is 10.0 Å². The first kappa shape index (κ1) is 18.8. The van der Waals surface area contributed by atoms with E-state index in [1.165, 1.54) is 27.6 Å². The van der Waals surface area contributed by atoms with Gasteiger partial charge in [0.05, 0.1) is 11.5 Å². The lowest BCUT2D eigenvalue weighted by Crippen LogP contribution is -2.28. The molecular formula is C18H22ClNO3S. The standard InChI is InChI=1S/C18H22ClNO3S/c1-14-5-8-17(13-15(14)2)23-12-4-11-20(3)24(21,22)18-9-6-16(19)7-10-18/h5-10,13H,4,11-12H2,1-3H3. The van der Waals surface area contributed by atoms with Gasteiger partial charge in [-0.1, -0.05) is 17.7 Å².